The molecule has 0 aliphatic carbocycles. The Morgan fingerprint density at radius 1 is 0.541 bits per heavy atom. The van der Waals surface area contributed by atoms with Crippen LogP contribution in [-0.2, 0) is 37.3 Å². The standard InChI is InChI=1S/C32H59O2PS2/c1-3-5-7-9-11-13-15-17-19-21-23-26-30-28-25-29-31(32(30)34-35(33,36)37)27-24-22-20-18-16-14-12-10-8-6-4-2/h25,28-29H,3-24,26-27H2,1-2H3,(H2,33,36,37)/p-2. The van der Waals surface area contributed by atoms with Crippen LogP contribution in [0.5, 0.6) is 5.75 Å². The van der Waals surface area contributed by atoms with E-state index in [1.807, 2.05) is 0 Å². The first-order valence-corrected chi connectivity index (χ1v) is 19.5. The summed E-state index contributed by atoms with van der Waals surface area (Å²) in [7, 11) is 0. The van der Waals surface area contributed by atoms with Crippen LogP contribution < -0.4 is 9.42 Å². The molecule has 0 N–H and O–H groups in total. The van der Waals surface area contributed by atoms with Crippen molar-refractivity contribution in [1.82, 2.24) is 0 Å². The van der Waals surface area contributed by atoms with Gasteiger partial charge in [0.25, 0.3) is 0 Å². The minimum absolute atomic E-state index is 0.731. The summed E-state index contributed by atoms with van der Waals surface area (Å²) in [6.45, 7) is 4.55. The highest BCUT2D eigenvalue weighted by molar-refractivity contribution is 8.69. The molecule has 216 valence electrons. The molecule has 0 aromatic heterocycles. The van der Waals surface area contributed by atoms with Crippen LogP contribution in [0.4, 0.5) is 0 Å². The van der Waals surface area contributed by atoms with Gasteiger partial charge in [-0.2, -0.15) is 0 Å². The Hall–Kier alpha value is 0.110. The molecule has 1 rings (SSSR count). The summed E-state index contributed by atoms with van der Waals surface area (Å²) >= 11 is 9.98. The van der Waals surface area contributed by atoms with Gasteiger partial charge in [-0.05, 0) is 36.8 Å². The first-order chi connectivity index (χ1) is 18.0. The van der Waals surface area contributed by atoms with E-state index < -0.39 is 6.12 Å². The van der Waals surface area contributed by atoms with Crippen molar-refractivity contribution in [3.63, 3.8) is 0 Å². The van der Waals surface area contributed by atoms with Crippen molar-refractivity contribution in [2.24, 2.45) is 0 Å². The molecule has 0 fully saturated rings. The summed E-state index contributed by atoms with van der Waals surface area (Å²) in [6, 6.07) is 6.33. The minimum atomic E-state index is -3.41. The minimum Gasteiger partial charge on any atom is -0.682 e. The first-order valence-electron chi connectivity index (χ1n) is 15.8. The van der Waals surface area contributed by atoms with Gasteiger partial charge < -0.3 is 33.9 Å². The predicted molar refractivity (Wildman–Crippen MR) is 169 cm³/mol. The third-order valence-corrected chi connectivity index (χ3v) is 8.33. The molecule has 37 heavy (non-hydrogen) atoms. The lowest BCUT2D eigenvalue weighted by Crippen LogP contribution is -2.12. The largest absolute Gasteiger partial charge is 0.682 e. The maximum atomic E-state index is 12.2. The maximum absolute atomic E-state index is 12.2. The van der Waals surface area contributed by atoms with Crippen molar-refractivity contribution in [1.29, 1.82) is 0 Å². The number of hydrogen-bond acceptors (Lipinski definition) is 4. The molecule has 1 aromatic rings. The van der Waals surface area contributed by atoms with Crippen LogP contribution in [0.25, 0.3) is 0 Å². The topological polar surface area (TPSA) is 32.3 Å². The molecule has 0 spiro atoms. The fourth-order valence-corrected chi connectivity index (χ4v) is 6.13. The van der Waals surface area contributed by atoms with E-state index in [0.717, 1.165) is 42.6 Å². The quantitative estimate of drug-likeness (QED) is 0.0632. The van der Waals surface area contributed by atoms with Crippen LogP contribution in [0, 0.1) is 0 Å². The van der Waals surface area contributed by atoms with E-state index in [2.05, 4.69) is 32.0 Å². The zero-order valence-corrected chi connectivity index (χ0v) is 26.8. The van der Waals surface area contributed by atoms with Crippen LogP contribution in [0.3, 0.4) is 0 Å². The van der Waals surface area contributed by atoms with Crippen molar-refractivity contribution < 1.29 is 9.42 Å². The second-order valence-corrected chi connectivity index (χ2v) is 15.7. The smallest absolute Gasteiger partial charge is 0.174 e. The van der Waals surface area contributed by atoms with Crippen LogP contribution in [0.2, 0.25) is 0 Å². The Morgan fingerprint density at radius 2 is 0.838 bits per heavy atom. The first kappa shape index (κ1) is 35.1. The summed E-state index contributed by atoms with van der Waals surface area (Å²) in [4.78, 5) is 12.2. The van der Waals surface area contributed by atoms with Crippen molar-refractivity contribution in [2.75, 3.05) is 0 Å². The number of para-hydroxylation sites is 1. The molecule has 0 unspecified atom stereocenters. The molecule has 0 bridgehead atoms. The molecule has 0 heterocycles. The molecule has 0 radical (unpaired) electrons. The summed E-state index contributed by atoms with van der Waals surface area (Å²) in [6.07, 6.45) is 27.8. The van der Waals surface area contributed by atoms with Gasteiger partial charge >= 0.3 is 0 Å². The lowest BCUT2D eigenvalue weighted by atomic mass is 9.98. The van der Waals surface area contributed by atoms with E-state index in [1.165, 1.54) is 128 Å². The van der Waals surface area contributed by atoms with Crippen LogP contribution in [-0.4, -0.2) is 0 Å². The number of aryl methyl sites for hydroxylation is 2. The van der Waals surface area contributed by atoms with Gasteiger partial charge in [-0.15, -0.1) is 6.12 Å². The van der Waals surface area contributed by atoms with Crippen LogP contribution in [0.1, 0.15) is 166 Å². The van der Waals surface area contributed by atoms with E-state index in [4.69, 9.17) is 29.0 Å². The Morgan fingerprint density at radius 3 is 1.14 bits per heavy atom. The van der Waals surface area contributed by atoms with Gasteiger partial charge in [0, 0.05) is 0 Å². The summed E-state index contributed by atoms with van der Waals surface area (Å²) < 4.78 is 5.75. The van der Waals surface area contributed by atoms with Gasteiger partial charge in [-0.3, -0.25) is 0 Å². The second-order valence-electron chi connectivity index (χ2n) is 11.0. The maximum Gasteiger partial charge on any atom is 0.174 e. The van der Waals surface area contributed by atoms with Crippen molar-refractivity contribution in [3.8, 4) is 5.75 Å². The highest BCUT2D eigenvalue weighted by Crippen LogP contribution is 2.48. The lowest BCUT2D eigenvalue weighted by molar-refractivity contribution is -0.169. The number of rotatable bonds is 26. The molecule has 0 saturated heterocycles. The fourth-order valence-electron chi connectivity index (χ4n) is 5.22. The fraction of sp³-hybridized carbons (Fsp3) is 0.812. The molecule has 0 amide bonds. The third kappa shape index (κ3) is 20.6. The van der Waals surface area contributed by atoms with E-state index in [-0.39, 0.29) is 0 Å². The summed E-state index contributed by atoms with van der Waals surface area (Å²) in [5.41, 5.74) is 2.26. The predicted octanol–water partition coefficient (Wildman–Crippen LogP) is 10.9. The Labute approximate surface area is 242 Å². The highest BCUT2D eigenvalue weighted by Gasteiger charge is 2.13. The van der Waals surface area contributed by atoms with E-state index >= 15 is 0 Å². The molecule has 0 saturated carbocycles. The summed E-state index contributed by atoms with van der Waals surface area (Å²) in [5.74, 6) is 0.731. The van der Waals surface area contributed by atoms with E-state index in [9.17, 15) is 4.89 Å². The van der Waals surface area contributed by atoms with Crippen molar-refractivity contribution >= 4 is 30.6 Å². The molecular formula is C32H57O2PS2-2. The van der Waals surface area contributed by atoms with Gasteiger partial charge in [0.05, 0.1) is 0 Å². The van der Waals surface area contributed by atoms with E-state index in [1.54, 1.807) is 0 Å². The lowest BCUT2D eigenvalue weighted by Gasteiger charge is -2.43. The molecule has 5 heteroatoms. The zero-order valence-electron chi connectivity index (χ0n) is 24.3. The van der Waals surface area contributed by atoms with Crippen molar-refractivity contribution in [2.45, 2.75) is 168 Å². The molecule has 0 aliphatic rings. The zero-order chi connectivity index (χ0) is 27.0. The average molecular weight is 569 g/mol. The third-order valence-electron chi connectivity index (χ3n) is 7.48. The highest BCUT2D eigenvalue weighted by atomic mass is 33.1. The van der Waals surface area contributed by atoms with Gasteiger partial charge in [0.15, 0.2) is 5.75 Å². The molecule has 0 aliphatic heterocycles. The Balaban J connectivity index is 2.32. The molecule has 1 aromatic carbocycles. The van der Waals surface area contributed by atoms with Gasteiger partial charge in [0.2, 0.25) is 0 Å². The average Bonchev–Trinajstić information content (AvgIpc) is 2.86. The SMILES string of the molecule is CCCCCCCCCCCCCc1cccc(CCCCCCCCCCCCC)c1O[P+]([O-])([S-])[S-]. The van der Waals surface area contributed by atoms with Gasteiger partial charge in [0.1, 0.15) is 0 Å². The Bertz CT molecular complexity index is 604. The Kier molecular flexibility index (Phi) is 22.7. The number of benzene rings is 1. The van der Waals surface area contributed by atoms with Gasteiger partial charge in [-0.1, -0.05) is 160 Å². The van der Waals surface area contributed by atoms with E-state index in [0.29, 0.717) is 0 Å². The monoisotopic (exact) mass is 568 g/mol. The summed E-state index contributed by atoms with van der Waals surface area (Å²) in [5, 5.41) is 0. The normalized spacial score (nSPS) is 11.8. The van der Waals surface area contributed by atoms with Crippen molar-refractivity contribution in [3.05, 3.63) is 29.3 Å². The second kappa shape index (κ2) is 24.0. The van der Waals surface area contributed by atoms with Crippen LogP contribution >= 0.6 is 6.12 Å². The number of unbranched alkanes of at least 4 members (excludes halogenated alkanes) is 20. The molecular weight excluding hydrogens is 511 g/mol. The van der Waals surface area contributed by atoms with Crippen LogP contribution in [0.15, 0.2) is 18.2 Å². The number of hydrogen-bond donors (Lipinski definition) is 0. The molecule has 0 atom stereocenters. The van der Waals surface area contributed by atoms with Gasteiger partial charge in [-0.25, -0.2) is 0 Å². The molecule has 2 nitrogen and oxygen atoms in total.